The van der Waals surface area contributed by atoms with Gasteiger partial charge in [0, 0.05) is 5.02 Å². The molecule has 6 heteroatoms. The summed E-state index contributed by atoms with van der Waals surface area (Å²) in [4.78, 5) is 13.3. The van der Waals surface area contributed by atoms with Gasteiger partial charge in [-0.1, -0.05) is 11.6 Å². The van der Waals surface area contributed by atoms with Crippen LogP contribution in [0, 0.1) is 0 Å². The Morgan fingerprint density at radius 3 is 2.56 bits per heavy atom. The number of nitrogens with zero attached hydrogens (tertiary/aromatic N) is 1. The minimum Gasteiger partial charge on any atom is -0.410 e. The molecule has 0 saturated carbocycles. The molecule has 0 aliphatic carbocycles. The van der Waals surface area contributed by atoms with E-state index in [0.29, 0.717) is 22.4 Å². The third kappa shape index (κ3) is 2.91. The number of benzene rings is 1. The molecule has 0 aromatic heterocycles. The van der Waals surface area contributed by atoms with Crippen LogP contribution in [0.15, 0.2) is 24.3 Å². The Bertz CT molecular complexity index is 487. The maximum atomic E-state index is 11.9. The number of ether oxygens (including phenoxy) is 1. The minimum absolute atomic E-state index is 0.226. The number of carbonyl (C=O) groups excluding carboxylic acids is 1. The van der Waals surface area contributed by atoms with Crippen LogP contribution >= 0.6 is 23.8 Å². The largest absolute Gasteiger partial charge is 0.421 e. The molecule has 4 nitrogen and oxygen atoms in total. The zero-order valence-corrected chi connectivity index (χ0v) is 11.6. The van der Waals surface area contributed by atoms with Gasteiger partial charge in [0.2, 0.25) is 0 Å². The van der Waals surface area contributed by atoms with Gasteiger partial charge in [-0.15, -0.1) is 0 Å². The van der Waals surface area contributed by atoms with E-state index < -0.39 is 6.09 Å². The smallest absolute Gasteiger partial charge is 0.410 e. The van der Waals surface area contributed by atoms with Crippen LogP contribution in [-0.4, -0.2) is 28.2 Å². The van der Waals surface area contributed by atoms with Crippen molar-refractivity contribution in [1.29, 1.82) is 0 Å². The number of thiocarbonyl (C=S) groups is 1. The highest BCUT2D eigenvalue weighted by Gasteiger charge is 2.36. The van der Waals surface area contributed by atoms with Crippen molar-refractivity contribution in [3.05, 3.63) is 29.3 Å². The van der Waals surface area contributed by atoms with Crippen LogP contribution in [0.4, 0.5) is 4.79 Å². The van der Waals surface area contributed by atoms with Gasteiger partial charge in [-0.2, -0.15) is 0 Å². The Hall–Kier alpha value is -1.33. The van der Waals surface area contributed by atoms with E-state index in [4.69, 9.17) is 28.6 Å². The summed E-state index contributed by atoms with van der Waals surface area (Å²) in [6, 6.07) is 6.60. The van der Waals surface area contributed by atoms with Crippen LogP contribution < -0.4 is 10.1 Å². The quantitative estimate of drug-likeness (QED) is 0.805. The molecule has 1 N–H and O–H groups in total. The van der Waals surface area contributed by atoms with Crippen molar-refractivity contribution in [2.24, 2.45) is 0 Å². The number of carbonyl (C=O) groups is 1. The highest BCUT2D eigenvalue weighted by molar-refractivity contribution is 7.80. The van der Waals surface area contributed by atoms with E-state index in [9.17, 15) is 4.79 Å². The van der Waals surface area contributed by atoms with E-state index in [0.717, 1.165) is 0 Å². The summed E-state index contributed by atoms with van der Waals surface area (Å²) >= 11 is 10.8. The summed E-state index contributed by atoms with van der Waals surface area (Å²) in [7, 11) is 0. The third-order valence-corrected chi connectivity index (χ3v) is 3.06. The molecule has 1 fully saturated rings. The van der Waals surface area contributed by atoms with Gasteiger partial charge in [-0.05, 0) is 50.3 Å². The first-order valence-electron chi connectivity index (χ1n) is 5.44. The number of hydrogen-bond donors (Lipinski definition) is 1. The van der Waals surface area contributed by atoms with Gasteiger partial charge in [0.25, 0.3) is 0 Å². The number of hydrogen-bond acceptors (Lipinski definition) is 3. The molecule has 0 bridgehead atoms. The van der Waals surface area contributed by atoms with Crippen LogP contribution in [0.3, 0.4) is 0 Å². The van der Waals surface area contributed by atoms with Gasteiger partial charge in [-0.3, -0.25) is 4.90 Å². The molecule has 0 spiro atoms. The molecule has 96 valence electrons. The Labute approximate surface area is 116 Å². The van der Waals surface area contributed by atoms with Crippen molar-refractivity contribution in [3.8, 4) is 5.75 Å². The lowest BCUT2D eigenvalue weighted by Crippen LogP contribution is -2.36. The molecule has 1 aliphatic rings. The molecule has 18 heavy (non-hydrogen) atoms. The first-order valence-corrected chi connectivity index (χ1v) is 6.23. The van der Waals surface area contributed by atoms with Crippen molar-refractivity contribution >= 4 is 35.0 Å². The zero-order valence-electron chi connectivity index (χ0n) is 10.1. The Kier molecular flexibility index (Phi) is 3.45. The fourth-order valence-corrected chi connectivity index (χ4v) is 2.21. The SMILES string of the molecule is CC1(C)CN(C(=O)Oc2ccc(Cl)cc2)C(=S)N1. The lowest BCUT2D eigenvalue weighted by Gasteiger charge is -2.17. The average Bonchev–Trinajstić information content (AvgIpc) is 2.55. The number of halogens is 1. The van der Waals surface area contributed by atoms with Crippen LogP contribution in [0.2, 0.25) is 5.02 Å². The predicted octanol–water partition coefficient (Wildman–Crippen LogP) is 2.81. The highest BCUT2D eigenvalue weighted by atomic mass is 35.5. The van der Waals surface area contributed by atoms with E-state index in [1.54, 1.807) is 24.3 Å². The summed E-state index contributed by atoms with van der Waals surface area (Å²) in [6.45, 7) is 4.42. The van der Waals surface area contributed by atoms with Gasteiger partial charge in [0.05, 0.1) is 12.1 Å². The minimum atomic E-state index is -0.486. The van der Waals surface area contributed by atoms with Crippen LogP contribution in [0.5, 0.6) is 5.75 Å². The van der Waals surface area contributed by atoms with E-state index in [1.807, 2.05) is 13.8 Å². The molecule has 0 atom stereocenters. The molecule has 1 aromatic rings. The second kappa shape index (κ2) is 4.74. The van der Waals surface area contributed by atoms with Crippen molar-refractivity contribution in [2.45, 2.75) is 19.4 Å². The standard InChI is InChI=1S/C12H13ClN2O2S/c1-12(2)7-15(10(18)14-12)11(16)17-9-5-3-8(13)4-6-9/h3-6H,7H2,1-2H3,(H,14,18). The molecule has 1 aliphatic heterocycles. The summed E-state index contributed by atoms with van der Waals surface area (Å²) in [5.41, 5.74) is -0.226. The molecular weight excluding hydrogens is 272 g/mol. The molecule has 0 radical (unpaired) electrons. The van der Waals surface area contributed by atoms with Crippen LogP contribution in [-0.2, 0) is 0 Å². The van der Waals surface area contributed by atoms with Crippen LogP contribution in [0.25, 0.3) is 0 Å². The van der Waals surface area contributed by atoms with Gasteiger partial charge in [-0.25, -0.2) is 4.79 Å². The van der Waals surface area contributed by atoms with E-state index in [-0.39, 0.29) is 5.54 Å². The Balaban J connectivity index is 2.05. The Morgan fingerprint density at radius 1 is 1.44 bits per heavy atom. The van der Waals surface area contributed by atoms with Crippen molar-refractivity contribution < 1.29 is 9.53 Å². The van der Waals surface area contributed by atoms with E-state index in [1.165, 1.54) is 4.90 Å². The lowest BCUT2D eigenvalue weighted by atomic mass is 10.1. The molecule has 1 amide bonds. The summed E-state index contributed by atoms with van der Waals surface area (Å²) in [6.07, 6.45) is -0.486. The van der Waals surface area contributed by atoms with Crippen molar-refractivity contribution in [3.63, 3.8) is 0 Å². The number of rotatable bonds is 1. The van der Waals surface area contributed by atoms with E-state index >= 15 is 0 Å². The fraction of sp³-hybridized carbons (Fsp3) is 0.333. The summed E-state index contributed by atoms with van der Waals surface area (Å²) in [5, 5.41) is 4.03. The first kappa shape index (κ1) is 13.1. The molecule has 0 unspecified atom stereocenters. The fourth-order valence-electron chi connectivity index (χ4n) is 1.67. The van der Waals surface area contributed by atoms with Gasteiger partial charge >= 0.3 is 6.09 Å². The maximum Gasteiger partial charge on any atom is 0.421 e. The highest BCUT2D eigenvalue weighted by Crippen LogP contribution is 2.19. The second-order valence-corrected chi connectivity index (χ2v) is 5.55. The van der Waals surface area contributed by atoms with Gasteiger partial charge in [0.15, 0.2) is 5.11 Å². The Morgan fingerprint density at radius 2 is 2.06 bits per heavy atom. The second-order valence-electron chi connectivity index (χ2n) is 4.72. The molecule has 1 aromatic carbocycles. The number of nitrogens with one attached hydrogen (secondary N) is 1. The van der Waals surface area contributed by atoms with Crippen molar-refractivity contribution in [1.82, 2.24) is 10.2 Å². The monoisotopic (exact) mass is 284 g/mol. The molecule has 2 rings (SSSR count). The first-order chi connectivity index (χ1) is 8.37. The normalized spacial score (nSPS) is 17.5. The summed E-state index contributed by atoms with van der Waals surface area (Å²) < 4.78 is 5.22. The van der Waals surface area contributed by atoms with Gasteiger partial charge < -0.3 is 10.1 Å². The molecule has 1 saturated heterocycles. The number of amides is 1. The third-order valence-electron chi connectivity index (χ3n) is 2.48. The zero-order chi connectivity index (χ0) is 13.3. The average molecular weight is 285 g/mol. The molecular formula is C12H13ClN2O2S. The van der Waals surface area contributed by atoms with Crippen LogP contribution in [0.1, 0.15) is 13.8 Å². The lowest BCUT2D eigenvalue weighted by molar-refractivity contribution is 0.176. The molecule has 1 heterocycles. The van der Waals surface area contributed by atoms with Crippen molar-refractivity contribution in [2.75, 3.05) is 6.54 Å². The van der Waals surface area contributed by atoms with E-state index in [2.05, 4.69) is 5.32 Å². The van der Waals surface area contributed by atoms with Gasteiger partial charge in [0.1, 0.15) is 5.75 Å². The summed E-state index contributed by atoms with van der Waals surface area (Å²) in [5.74, 6) is 0.442. The maximum absolute atomic E-state index is 11.9. The predicted molar refractivity (Wildman–Crippen MR) is 74.0 cm³/mol. The topological polar surface area (TPSA) is 41.6 Å².